The third-order valence-corrected chi connectivity index (χ3v) is 5.32. The minimum absolute atomic E-state index is 0.585. The highest BCUT2D eigenvalue weighted by Crippen LogP contribution is 2.41. The van der Waals surface area contributed by atoms with Crippen LogP contribution in [-0.4, -0.2) is 12.7 Å². The Morgan fingerprint density at radius 3 is 2.33 bits per heavy atom. The average molecular weight is 252 g/mol. The van der Waals surface area contributed by atoms with Gasteiger partial charge in [-0.05, 0) is 56.8 Å². The summed E-state index contributed by atoms with van der Waals surface area (Å²) < 4.78 is 5.86. The van der Waals surface area contributed by atoms with Crippen LogP contribution >= 0.6 is 0 Å². The quantitative estimate of drug-likeness (QED) is 0.654. The Kier molecular flexibility index (Phi) is 6.01. The number of rotatable bonds is 5. The van der Waals surface area contributed by atoms with Crippen molar-refractivity contribution in [3.63, 3.8) is 0 Å². The van der Waals surface area contributed by atoms with E-state index in [1.54, 1.807) is 0 Å². The largest absolute Gasteiger partial charge is 0.378 e. The molecule has 0 aromatic heterocycles. The topological polar surface area (TPSA) is 9.23 Å². The van der Waals surface area contributed by atoms with Crippen molar-refractivity contribution in [2.75, 3.05) is 6.61 Å². The second kappa shape index (κ2) is 7.53. The monoisotopic (exact) mass is 252 g/mol. The highest BCUT2D eigenvalue weighted by Gasteiger charge is 2.31. The zero-order chi connectivity index (χ0) is 12.8. The minimum Gasteiger partial charge on any atom is -0.378 e. The van der Waals surface area contributed by atoms with E-state index in [4.69, 9.17) is 4.74 Å². The Labute approximate surface area is 114 Å². The Morgan fingerprint density at radius 2 is 1.67 bits per heavy atom. The molecule has 2 unspecified atom stereocenters. The lowest BCUT2D eigenvalue weighted by molar-refractivity contribution is 0.00398. The molecular weight excluding hydrogens is 220 g/mol. The van der Waals surface area contributed by atoms with Crippen molar-refractivity contribution < 1.29 is 4.74 Å². The summed E-state index contributed by atoms with van der Waals surface area (Å²) in [5, 5.41) is 0. The van der Waals surface area contributed by atoms with E-state index in [-0.39, 0.29) is 0 Å². The molecule has 0 N–H and O–H groups in total. The second-order valence-electron chi connectivity index (χ2n) is 6.57. The van der Waals surface area contributed by atoms with Gasteiger partial charge in [-0.3, -0.25) is 0 Å². The van der Waals surface area contributed by atoms with Gasteiger partial charge in [-0.25, -0.2) is 0 Å². The van der Waals surface area contributed by atoms with E-state index in [1.165, 1.54) is 64.2 Å². The van der Waals surface area contributed by atoms with E-state index in [0.29, 0.717) is 6.10 Å². The lowest BCUT2D eigenvalue weighted by Gasteiger charge is -2.38. The third-order valence-electron chi connectivity index (χ3n) is 5.32. The summed E-state index contributed by atoms with van der Waals surface area (Å²) in [4.78, 5) is 0. The third kappa shape index (κ3) is 3.98. The molecule has 2 saturated carbocycles. The fraction of sp³-hybridized carbons (Fsp3) is 1.00. The molecule has 0 heterocycles. The maximum absolute atomic E-state index is 5.86. The predicted octanol–water partition coefficient (Wildman–Crippen LogP) is 5.19. The summed E-state index contributed by atoms with van der Waals surface area (Å²) in [6.07, 6.45) is 15.0. The van der Waals surface area contributed by atoms with Crippen LogP contribution in [0.3, 0.4) is 0 Å². The van der Waals surface area contributed by atoms with Crippen LogP contribution in [0.2, 0.25) is 0 Å². The van der Waals surface area contributed by atoms with Crippen LogP contribution in [0.25, 0.3) is 0 Å². The molecule has 106 valence electrons. The molecule has 2 fully saturated rings. The van der Waals surface area contributed by atoms with Gasteiger partial charge in [0.15, 0.2) is 0 Å². The Hall–Kier alpha value is -0.0400. The molecule has 0 spiro atoms. The summed E-state index contributed by atoms with van der Waals surface area (Å²) in [6.45, 7) is 5.38. The van der Waals surface area contributed by atoms with Crippen LogP contribution in [0.1, 0.15) is 78.1 Å². The molecule has 0 saturated heterocycles. The van der Waals surface area contributed by atoms with Gasteiger partial charge in [-0.1, -0.05) is 39.0 Å². The first-order valence-electron chi connectivity index (χ1n) is 8.45. The van der Waals surface area contributed by atoms with E-state index in [0.717, 1.165) is 24.4 Å². The van der Waals surface area contributed by atoms with E-state index in [2.05, 4.69) is 13.8 Å². The van der Waals surface area contributed by atoms with Gasteiger partial charge in [0.2, 0.25) is 0 Å². The molecule has 2 rings (SSSR count). The van der Waals surface area contributed by atoms with Crippen LogP contribution in [0.5, 0.6) is 0 Å². The molecular formula is C17H32O. The van der Waals surface area contributed by atoms with Gasteiger partial charge in [0.25, 0.3) is 0 Å². The van der Waals surface area contributed by atoms with Gasteiger partial charge in [0.05, 0.1) is 6.10 Å². The van der Waals surface area contributed by atoms with E-state index >= 15 is 0 Å². The van der Waals surface area contributed by atoms with Crippen molar-refractivity contribution in [3.05, 3.63) is 0 Å². The fourth-order valence-corrected chi connectivity index (χ4v) is 4.35. The predicted molar refractivity (Wildman–Crippen MR) is 77.7 cm³/mol. The van der Waals surface area contributed by atoms with Gasteiger partial charge in [0, 0.05) is 6.61 Å². The maximum Gasteiger partial charge on any atom is 0.0577 e. The van der Waals surface area contributed by atoms with Crippen LogP contribution in [0.4, 0.5) is 0 Å². The van der Waals surface area contributed by atoms with Crippen LogP contribution in [-0.2, 0) is 4.74 Å². The first-order chi connectivity index (χ1) is 8.83. The Bertz CT molecular complexity index is 216. The Balaban J connectivity index is 1.75. The molecule has 1 heteroatoms. The van der Waals surface area contributed by atoms with Crippen molar-refractivity contribution in [1.29, 1.82) is 0 Å². The first kappa shape index (κ1) is 14.4. The molecule has 0 aromatic rings. The van der Waals surface area contributed by atoms with Gasteiger partial charge in [-0.15, -0.1) is 0 Å². The van der Waals surface area contributed by atoms with E-state index in [1.807, 2.05) is 0 Å². The average Bonchev–Trinajstić information content (AvgIpc) is 2.41. The smallest absolute Gasteiger partial charge is 0.0577 e. The molecule has 2 atom stereocenters. The van der Waals surface area contributed by atoms with Gasteiger partial charge < -0.3 is 4.74 Å². The van der Waals surface area contributed by atoms with Crippen molar-refractivity contribution in [3.8, 4) is 0 Å². The molecule has 1 nitrogen and oxygen atoms in total. The molecule has 0 aromatic carbocycles. The molecule has 2 aliphatic carbocycles. The molecule has 0 bridgehead atoms. The van der Waals surface area contributed by atoms with Crippen molar-refractivity contribution in [2.45, 2.75) is 84.2 Å². The maximum atomic E-state index is 5.86. The van der Waals surface area contributed by atoms with Crippen molar-refractivity contribution in [1.82, 2.24) is 0 Å². The standard InChI is InChI=1S/C17H32O/c1-3-6-14-9-11-15(12-10-14)16-7-5-8-17(13-16)18-4-2/h14-17H,3-13H2,1-2H3. The van der Waals surface area contributed by atoms with E-state index < -0.39 is 0 Å². The SMILES string of the molecule is CCCC1CCC(C2CCCC(OCC)C2)CC1. The second-order valence-corrected chi connectivity index (χ2v) is 6.57. The molecule has 0 aliphatic heterocycles. The minimum atomic E-state index is 0.585. The van der Waals surface area contributed by atoms with Crippen LogP contribution in [0.15, 0.2) is 0 Å². The van der Waals surface area contributed by atoms with Gasteiger partial charge in [-0.2, -0.15) is 0 Å². The van der Waals surface area contributed by atoms with Gasteiger partial charge in [0.1, 0.15) is 0 Å². The number of ether oxygens (including phenoxy) is 1. The van der Waals surface area contributed by atoms with Gasteiger partial charge >= 0.3 is 0 Å². The number of hydrogen-bond donors (Lipinski definition) is 0. The van der Waals surface area contributed by atoms with E-state index in [9.17, 15) is 0 Å². The molecule has 0 radical (unpaired) electrons. The first-order valence-corrected chi connectivity index (χ1v) is 8.45. The Morgan fingerprint density at radius 1 is 0.889 bits per heavy atom. The zero-order valence-corrected chi connectivity index (χ0v) is 12.5. The number of hydrogen-bond acceptors (Lipinski definition) is 1. The van der Waals surface area contributed by atoms with Crippen molar-refractivity contribution >= 4 is 0 Å². The summed E-state index contributed by atoms with van der Waals surface area (Å²) in [5.74, 6) is 3.07. The van der Waals surface area contributed by atoms with Crippen LogP contribution in [0, 0.1) is 17.8 Å². The summed E-state index contributed by atoms with van der Waals surface area (Å²) in [6, 6.07) is 0. The lowest BCUT2D eigenvalue weighted by Crippen LogP contribution is -2.30. The summed E-state index contributed by atoms with van der Waals surface area (Å²) in [7, 11) is 0. The molecule has 2 aliphatic rings. The van der Waals surface area contributed by atoms with Crippen molar-refractivity contribution in [2.24, 2.45) is 17.8 Å². The molecule has 18 heavy (non-hydrogen) atoms. The highest BCUT2D eigenvalue weighted by atomic mass is 16.5. The highest BCUT2D eigenvalue weighted by molar-refractivity contribution is 4.82. The summed E-state index contributed by atoms with van der Waals surface area (Å²) >= 11 is 0. The lowest BCUT2D eigenvalue weighted by atomic mass is 9.70. The summed E-state index contributed by atoms with van der Waals surface area (Å²) in [5.41, 5.74) is 0. The van der Waals surface area contributed by atoms with Crippen LogP contribution < -0.4 is 0 Å². The fourth-order valence-electron chi connectivity index (χ4n) is 4.35. The molecule has 0 amide bonds. The zero-order valence-electron chi connectivity index (χ0n) is 12.5. The normalized spacial score (nSPS) is 37.7.